The van der Waals surface area contributed by atoms with Crippen molar-refractivity contribution in [2.45, 2.75) is 19.9 Å². The minimum atomic E-state index is 0.850. The van der Waals surface area contributed by atoms with Crippen LogP contribution in [-0.2, 0) is 13.0 Å². The Morgan fingerprint density at radius 2 is 1.43 bits per heavy atom. The SMILES string of the molecule is Cc1cccc(Oc2ccc3[nH]cc(CCN(C)Cc4cccc(Oc5ccccc5)c4)c3c2)c1. The second-order valence-electron chi connectivity index (χ2n) is 8.99. The third-order valence-corrected chi connectivity index (χ3v) is 6.06. The minimum Gasteiger partial charge on any atom is -0.457 e. The summed E-state index contributed by atoms with van der Waals surface area (Å²) in [5.74, 6) is 3.43. The summed E-state index contributed by atoms with van der Waals surface area (Å²) in [7, 11) is 2.16. The molecule has 0 saturated carbocycles. The van der Waals surface area contributed by atoms with Gasteiger partial charge in [-0.2, -0.15) is 0 Å². The Labute approximate surface area is 206 Å². The molecule has 1 N–H and O–H groups in total. The van der Waals surface area contributed by atoms with Crippen LogP contribution in [0.2, 0.25) is 0 Å². The van der Waals surface area contributed by atoms with Crippen LogP contribution in [0.5, 0.6) is 23.0 Å². The first-order valence-corrected chi connectivity index (χ1v) is 12.0. The molecule has 0 aliphatic carbocycles. The highest BCUT2D eigenvalue weighted by Crippen LogP contribution is 2.28. The molecule has 4 nitrogen and oxygen atoms in total. The van der Waals surface area contributed by atoms with Crippen LogP contribution < -0.4 is 9.47 Å². The van der Waals surface area contributed by atoms with E-state index in [0.717, 1.165) is 48.0 Å². The monoisotopic (exact) mass is 462 g/mol. The van der Waals surface area contributed by atoms with Crippen LogP contribution in [0.4, 0.5) is 0 Å². The number of para-hydroxylation sites is 1. The summed E-state index contributed by atoms with van der Waals surface area (Å²) in [4.78, 5) is 5.74. The van der Waals surface area contributed by atoms with E-state index < -0.39 is 0 Å². The predicted molar refractivity (Wildman–Crippen MR) is 143 cm³/mol. The maximum atomic E-state index is 6.11. The van der Waals surface area contributed by atoms with Crippen molar-refractivity contribution in [1.29, 1.82) is 0 Å². The number of ether oxygens (including phenoxy) is 2. The van der Waals surface area contributed by atoms with Gasteiger partial charge in [-0.15, -0.1) is 0 Å². The van der Waals surface area contributed by atoms with Gasteiger partial charge < -0.3 is 19.4 Å². The summed E-state index contributed by atoms with van der Waals surface area (Å²) >= 11 is 0. The van der Waals surface area contributed by atoms with Gasteiger partial charge in [-0.3, -0.25) is 0 Å². The van der Waals surface area contributed by atoms with Gasteiger partial charge in [0, 0.05) is 30.2 Å². The number of fused-ring (bicyclic) bond motifs is 1. The van der Waals surface area contributed by atoms with Crippen molar-refractivity contribution in [2.75, 3.05) is 13.6 Å². The maximum Gasteiger partial charge on any atom is 0.128 e. The number of aromatic nitrogens is 1. The topological polar surface area (TPSA) is 37.5 Å². The van der Waals surface area contributed by atoms with Crippen LogP contribution in [0.3, 0.4) is 0 Å². The minimum absolute atomic E-state index is 0.850. The average molecular weight is 463 g/mol. The molecule has 4 aromatic carbocycles. The van der Waals surface area contributed by atoms with Crippen LogP contribution in [0.1, 0.15) is 16.7 Å². The van der Waals surface area contributed by atoms with Crippen molar-refractivity contribution in [3.63, 3.8) is 0 Å². The highest BCUT2D eigenvalue weighted by Gasteiger charge is 2.09. The van der Waals surface area contributed by atoms with E-state index in [9.17, 15) is 0 Å². The van der Waals surface area contributed by atoms with E-state index in [1.165, 1.54) is 22.1 Å². The van der Waals surface area contributed by atoms with Crippen LogP contribution in [0, 0.1) is 6.92 Å². The lowest BCUT2D eigenvalue weighted by atomic mass is 10.1. The molecule has 0 fully saturated rings. The zero-order valence-electron chi connectivity index (χ0n) is 20.2. The quantitative estimate of drug-likeness (QED) is 0.243. The van der Waals surface area contributed by atoms with Gasteiger partial charge in [-0.25, -0.2) is 0 Å². The fourth-order valence-electron chi connectivity index (χ4n) is 4.28. The molecule has 0 bridgehead atoms. The molecule has 0 atom stereocenters. The van der Waals surface area contributed by atoms with E-state index in [4.69, 9.17) is 9.47 Å². The molecule has 0 radical (unpaired) electrons. The third kappa shape index (κ3) is 5.92. The van der Waals surface area contributed by atoms with Crippen LogP contribution >= 0.6 is 0 Å². The highest BCUT2D eigenvalue weighted by atomic mass is 16.5. The normalized spacial score (nSPS) is 11.2. The Morgan fingerprint density at radius 1 is 0.714 bits per heavy atom. The number of aryl methyl sites for hydroxylation is 1. The number of likely N-dealkylation sites (N-methyl/N-ethyl adjacent to an activating group) is 1. The van der Waals surface area contributed by atoms with Crippen molar-refractivity contribution >= 4 is 10.9 Å². The lowest BCUT2D eigenvalue weighted by molar-refractivity contribution is 0.331. The number of aromatic amines is 1. The van der Waals surface area contributed by atoms with Crippen molar-refractivity contribution in [3.8, 4) is 23.0 Å². The van der Waals surface area contributed by atoms with E-state index >= 15 is 0 Å². The Hall–Kier alpha value is -4.02. The van der Waals surface area contributed by atoms with Crippen molar-refractivity contribution in [3.05, 3.63) is 120 Å². The van der Waals surface area contributed by atoms with Gasteiger partial charge in [-0.05, 0) is 91.7 Å². The summed E-state index contributed by atoms with van der Waals surface area (Å²) in [5, 5.41) is 1.21. The zero-order valence-corrected chi connectivity index (χ0v) is 20.2. The molecular weight excluding hydrogens is 432 g/mol. The Bertz CT molecular complexity index is 1410. The van der Waals surface area contributed by atoms with Gasteiger partial charge >= 0.3 is 0 Å². The Morgan fingerprint density at radius 3 is 2.26 bits per heavy atom. The molecule has 0 spiro atoms. The second kappa shape index (κ2) is 10.5. The first kappa shape index (κ1) is 22.8. The van der Waals surface area contributed by atoms with E-state index in [0.29, 0.717) is 0 Å². The number of H-pyrrole nitrogens is 1. The molecular formula is C31H30N2O2. The highest BCUT2D eigenvalue weighted by molar-refractivity contribution is 5.84. The summed E-state index contributed by atoms with van der Waals surface area (Å²) < 4.78 is 12.1. The van der Waals surface area contributed by atoms with Gasteiger partial charge in [0.25, 0.3) is 0 Å². The smallest absolute Gasteiger partial charge is 0.128 e. The maximum absolute atomic E-state index is 6.11. The average Bonchev–Trinajstić information content (AvgIpc) is 3.26. The van der Waals surface area contributed by atoms with Crippen molar-refractivity contribution < 1.29 is 9.47 Å². The third-order valence-electron chi connectivity index (χ3n) is 6.06. The molecule has 0 unspecified atom stereocenters. The van der Waals surface area contributed by atoms with Crippen molar-refractivity contribution in [2.24, 2.45) is 0 Å². The van der Waals surface area contributed by atoms with Crippen LogP contribution in [-0.4, -0.2) is 23.5 Å². The Balaban J connectivity index is 1.22. The summed E-state index contributed by atoms with van der Waals surface area (Å²) in [6, 6.07) is 32.6. The van der Waals surface area contributed by atoms with Gasteiger partial charge in [0.15, 0.2) is 0 Å². The van der Waals surface area contributed by atoms with E-state index in [1.54, 1.807) is 0 Å². The number of hydrogen-bond donors (Lipinski definition) is 1. The zero-order chi connectivity index (χ0) is 24.0. The first-order valence-electron chi connectivity index (χ1n) is 12.0. The second-order valence-corrected chi connectivity index (χ2v) is 8.99. The predicted octanol–water partition coefficient (Wildman–Crippen LogP) is 7.74. The van der Waals surface area contributed by atoms with Gasteiger partial charge in [0.2, 0.25) is 0 Å². The van der Waals surface area contributed by atoms with E-state index in [-0.39, 0.29) is 0 Å². The fourth-order valence-corrected chi connectivity index (χ4v) is 4.28. The summed E-state index contributed by atoms with van der Waals surface area (Å²) in [6.45, 7) is 3.87. The molecule has 0 aliphatic heterocycles. The van der Waals surface area contributed by atoms with E-state index in [1.807, 2.05) is 54.6 Å². The number of hydrogen-bond acceptors (Lipinski definition) is 3. The standard InChI is InChI=1S/C31H30N2O2/c1-23-8-6-12-27(18-23)35-29-14-15-31-30(20-29)25(21-32-31)16-17-33(2)22-24-9-7-13-28(19-24)34-26-10-4-3-5-11-26/h3-15,18-21,32H,16-17,22H2,1-2H3. The van der Waals surface area contributed by atoms with Gasteiger partial charge in [0.05, 0.1) is 0 Å². The summed E-state index contributed by atoms with van der Waals surface area (Å²) in [6.07, 6.45) is 3.06. The van der Waals surface area contributed by atoms with Gasteiger partial charge in [-0.1, -0.05) is 42.5 Å². The molecule has 1 heterocycles. The van der Waals surface area contributed by atoms with Crippen molar-refractivity contribution in [1.82, 2.24) is 9.88 Å². The molecule has 5 rings (SSSR count). The fraction of sp³-hybridized carbons (Fsp3) is 0.161. The lowest BCUT2D eigenvalue weighted by Crippen LogP contribution is -2.20. The largest absolute Gasteiger partial charge is 0.457 e. The molecule has 4 heteroatoms. The molecule has 0 amide bonds. The first-order chi connectivity index (χ1) is 17.1. The number of nitrogens with one attached hydrogen (secondary N) is 1. The number of rotatable bonds is 9. The van der Waals surface area contributed by atoms with Crippen LogP contribution in [0.15, 0.2) is 103 Å². The summed E-state index contributed by atoms with van der Waals surface area (Å²) in [5.41, 5.74) is 4.84. The van der Waals surface area contributed by atoms with Gasteiger partial charge in [0.1, 0.15) is 23.0 Å². The Kier molecular flexibility index (Phi) is 6.82. The molecule has 35 heavy (non-hydrogen) atoms. The van der Waals surface area contributed by atoms with E-state index in [2.05, 4.69) is 72.5 Å². The molecule has 0 saturated heterocycles. The number of nitrogens with zero attached hydrogens (tertiary/aromatic N) is 1. The van der Waals surface area contributed by atoms with Crippen LogP contribution in [0.25, 0.3) is 10.9 Å². The molecule has 1 aromatic heterocycles. The molecule has 176 valence electrons. The molecule has 0 aliphatic rings. The number of benzene rings is 4. The molecule has 5 aromatic rings. The lowest BCUT2D eigenvalue weighted by Gasteiger charge is -2.17.